The van der Waals surface area contributed by atoms with Gasteiger partial charge in [-0.05, 0) is 53.3 Å². The molecule has 0 atom stereocenters. The van der Waals surface area contributed by atoms with Crippen LogP contribution in [0.2, 0.25) is 0 Å². The highest BCUT2D eigenvalue weighted by Gasteiger charge is 2.35. The Morgan fingerprint density at radius 1 is 1.31 bits per heavy atom. The van der Waals surface area contributed by atoms with Crippen LogP contribution in [0.1, 0.15) is 44.1 Å². The number of anilines is 1. The molecule has 1 saturated carbocycles. The molecule has 2 aromatic heterocycles. The van der Waals surface area contributed by atoms with Crippen LogP contribution in [0.4, 0.5) is 5.13 Å². The number of hydrogen-bond donors (Lipinski definition) is 1. The monoisotopic (exact) mass is 370 g/mol. The van der Waals surface area contributed by atoms with Crippen molar-refractivity contribution in [3.63, 3.8) is 0 Å². The number of tetrazole rings is 1. The van der Waals surface area contributed by atoms with E-state index in [1.54, 1.807) is 11.0 Å². The van der Waals surface area contributed by atoms with E-state index in [0.29, 0.717) is 18.1 Å². The van der Waals surface area contributed by atoms with E-state index < -0.39 is 0 Å². The number of fused-ring (bicyclic) bond motifs is 1. The minimum atomic E-state index is -0.0784. The van der Waals surface area contributed by atoms with Crippen molar-refractivity contribution >= 4 is 32.6 Å². The number of aromatic nitrogens is 5. The molecule has 26 heavy (non-hydrogen) atoms. The van der Waals surface area contributed by atoms with Crippen molar-refractivity contribution in [3.8, 4) is 0 Å². The zero-order valence-electron chi connectivity index (χ0n) is 14.8. The number of rotatable bonds is 5. The Hall–Kier alpha value is -2.35. The molecule has 0 saturated heterocycles. The van der Waals surface area contributed by atoms with E-state index in [4.69, 9.17) is 0 Å². The molecular weight excluding hydrogens is 348 g/mol. The maximum absolute atomic E-state index is 12.8. The summed E-state index contributed by atoms with van der Waals surface area (Å²) in [4.78, 5) is 17.3. The van der Waals surface area contributed by atoms with Crippen molar-refractivity contribution in [1.82, 2.24) is 25.2 Å². The number of nitrogens with one attached hydrogen (secondary N) is 1. The molecular formula is C18H22N6OS. The Morgan fingerprint density at radius 2 is 2.15 bits per heavy atom. The van der Waals surface area contributed by atoms with Gasteiger partial charge in [0.2, 0.25) is 5.91 Å². The molecule has 0 bridgehead atoms. The van der Waals surface area contributed by atoms with Gasteiger partial charge in [0.15, 0.2) is 5.13 Å². The van der Waals surface area contributed by atoms with E-state index in [0.717, 1.165) is 35.9 Å². The summed E-state index contributed by atoms with van der Waals surface area (Å²) in [5.74, 6) is 0.0238. The van der Waals surface area contributed by atoms with E-state index in [-0.39, 0.29) is 11.3 Å². The second-order valence-corrected chi connectivity index (χ2v) is 8.31. The summed E-state index contributed by atoms with van der Waals surface area (Å²) in [7, 11) is 0. The third-order valence-corrected chi connectivity index (χ3v) is 6.06. The van der Waals surface area contributed by atoms with E-state index in [1.165, 1.54) is 23.3 Å². The molecule has 8 heteroatoms. The minimum absolute atomic E-state index is 0.0238. The molecule has 0 aliphatic heterocycles. The fourth-order valence-electron chi connectivity index (χ4n) is 3.88. The van der Waals surface area contributed by atoms with E-state index >= 15 is 0 Å². The van der Waals surface area contributed by atoms with Crippen LogP contribution in [0.15, 0.2) is 24.5 Å². The van der Waals surface area contributed by atoms with E-state index in [2.05, 4.69) is 38.8 Å². The van der Waals surface area contributed by atoms with Crippen LogP contribution in [0.25, 0.3) is 10.2 Å². The highest BCUT2D eigenvalue weighted by atomic mass is 32.1. The Balaban J connectivity index is 1.48. The van der Waals surface area contributed by atoms with E-state index in [9.17, 15) is 4.79 Å². The van der Waals surface area contributed by atoms with Crippen LogP contribution in [0.3, 0.4) is 0 Å². The maximum atomic E-state index is 12.8. The average molecular weight is 370 g/mol. The van der Waals surface area contributed by atoms with Gasteiger partial charge < -0.3 is 5.32 Å². The molecule has 1 aliphatic carbocycles. The molecule has 7 nitrogen and oxygen atoms in total. The first kappa shape index (κ1) is 17.1. The summed E-state index contributed by atoms with van der Waals surface area (Å²) in [6.07, 6.45) is 7.69. The molecule has 1 N–H and O–H groups in total. The standard InChI is InChI=1S/C18H22N6OS/c1-13-5-6-14-15(9-13)26-17(20-14)21-16(25)10-18(7-3-2-4-8-18)11-24-12-19-22-23-24/h5-6,9,12H,2-4,7-8,10-11H2,1H3,(H,20,21,25). The second-order valence-electron chi connectivity index (χ2n) is 7.28. The number of amides is 1. The zero-order valence-corrected chi connectivity index (χ0v) is 15.6. The van der Waals surface area contributed by atoms with Gasteiger partial charge >= 0.3 is 0 Å². The maximum Gasteiger partial charge on any atom is 0.226 e. The molecule has 0 radical (unpaired) electrons. The van der Waals surface area contributed by atoms with Gasteiger partial charge in [-0.1, -0.05) is 36.7 Å². The van der Waals surface area contributed by atoms with Gasteiger partial charge in [0.05, 0.1) is 16.8 Å². The molecule has 1 aliphatic rings. The SMILES string of the molecule is Cc1ccc2nc(NC(=O)CC3(Cn4cnnn4)CCCCC3)sc2c1. The number of nitrogens with zero attached hydrogens (tertiary/aromatic N) is 5. The van der Waals surface area contributed by atoms with Crippen molar-refractivity contribution < 1.29 is 4.79 Å². The lowest BCUT2D eigenvalue weighted by molar-refractivity contribution is -0.119. The summed E-state index contributed by atoms with van der Waals surface area (Å²) >= 11 is 1.53. The number of hydrogen-bond acceptors (Lipinski definition) is 6. The van der Waals surface area contributed by atoms with Gasteiger partial charge in [0, 0.05) is 6.42 Å². The first-order valence-corrected chi connectivity index (χ1v) is 9.81. The van der Waals surface area contributed by atoms with Crippen molar-refractivity contribution in [3.05, 3.63) is 30.1 Å². The molecule has 0 spiro atoms. The molecule has 136 valence electrons. The fourth-order valence-corrected chi connectivity index (χ4v) is 4.86. The van der Waals surface area contributed by atoms with Gasteiger partial charge in [0.25, 0.3) is 0 Å². The Bertz CT molecular complexity index is 898. The molecule has 1 amide bonds. The quantitative estimate of drug-likeness (QED) is 0.742. The third kappa shape index (κ3) is 3.75. The van der Waals surface area contributed by atoms with Crippen LogP contribution in [-0.4, -0.2) is 31.1 Å². The highest BCUT2D eigenvalue weighted by Crippen LogP contribution is 2.41. The molecule has 3 aromatic rings. The predicted molar refractivity (Wildman–Crippen MR) is 101 cm³/mol. The molecule has 4 rings (SSSR count). The Labute approximate surface area is 155 Å². The number of carbonyl (C=O) groups excluding carboxylic acids is 1. The van der Waals surface area contributed by atoms with Crippen molar-refractivity contribution in [1.29, 1.82) is 0 Å². The highest BCUT2D eigenvalue weighted by molar-refractivity contribution is 7.22. The van der Waals surface area contributed by atoms with Crippen LogP contribution in [0.5, 0.6) is 0 Å². The molecule has 0 unspecified atom stereocenters. The van der Waals surface area contributed by atoms with Crippen molar-refractivity contribution in [2.75, 3.05) is 5.32 Å². The Kier molecular flexibility index (Phi) is 4.67. The number of carbonyl (C=O) groups is 1. The van der Waals surface area contributed by atoms with Crippen LogP contribution in [0, 0.1) is 12.3 Å². The lowest BCUT2D eigenvalue weighted by Gasteiger charge is -2.36. The predicted octanol–water partition coefficient (Wildman–Crippen LogP) is 3.57. The summed E-state index contributed by atoms with van der Waals surface area (Å²) in [5, 5.41) is 15.1. The van der Waals surface area contributed by atoms with Crippen LogP contribution < -0.4 is 5.32 Å². The number of aryl methyl sites for hydroxylation is 1. The summed E-state index contributed by atoms with van der Waals surface area (Å²) in [5.41, 5.74) is 2.05. The van der Waals surface area contributed by atoms with Gasteiger partial charge in [-0.15, -0.1) is 5.10 Å². The van der Waals surface area contributed by atoms with Crippen molar-refractivity contribution in [2.45, 2.75) is 52.0 Å². The third-order valence-electron chi connectivity index (χ3n) is 5.13. The summed E-state index contributed by atoms with van der Waals surface area (Å²) in [6.45, 7) is 2.75. The lowest BCUT2D eigenvalue weighted by Crippen LogP contribution is -2.34. The minimum Gasteiger partial charge on any atom is -0.302 e. The first-order chi connectivity index (χ1) is 12.6. The molecule has 1 fully saturated rings. The average Bonchev–Trinajstić information content (AvgIpc) is 3.24. The molecule has 1 aromatic carbocycles. The van der Waals surface area contributed by atoms with Gasteiger partial charge in [-0.25, -0.2) is 9.67 Å². The zero-order chi connectivity index (χ0) is 18.0. The normalized spacial score (nSPS) is 16.7. The van der Waals surface area contributed by atoms with Crippen LogP contribution in [-0.2, 0) is 11.3 Å². The fraction of sp³-hybridized carbons (Fsp3) is 0.500. The smallest absolute Gasteiger partial charge is 0.226 e. The Morgan fingerprint density at radius 3 is 2.92 bits per heavy atom. The second kappa shape index (κ2) is 7.11. The molecule has 2 heterocycles. The number of benzene rings is 1. The largest absolute Gasteiger partial charge is 0.302 e. The van der Waals surface area contributed by atoms with Crippen LogP contribution >= 0.6 is 11.3 Å². The lowest BCUT2D eigenvalue weighted by atomic mass is 9.71. The topological polar surface area (TPSA) is 85.6 Å². The summed E-state index contributed by atoms with van der Waals surface area (Å²) in [6, 6.07) is 6.14. The summed E-state index contributed by atoms with van der Waals surface area (Å²) < 4.78 is 2.85. The number of thiazole rings is 1. The first-order valence-electron chi connectivity index (χ1n) is 9.00. The van der Waals surface area contributed by atoms with Gasteiger partial charge in [-0.3, -0.25) is 4.79 Å². The van der Waals surface area contributed by atoms with Crippen molar-refractivity contribution in [2.24, 2.45) is 5.41 Å². The van der Waals surface area contributed by atoms with E-state index in [1.807, 2.05) is 12.1 Å². The van der Waals surface area contributed by atoms with Gasteiger partial charge in [0.1, 0.15) is 6.33 Å². The van der Waals surface area contributed by atoms with Gasteiger partial charge in [-0.2, -0.15) is 0 Å².